The molecule has 0 aliphatic heterocycles. The lowest BCUT2D eigenvalue weighted by Gasteiger charge is -2.21. The summed E-state index contributed by atoms with van der Waals surface area (Å²) in [5.41, 5.74) is 1.22. The Kier molecular flexibility index (Phi) is 8.07. The SMILES string of the molecule is CCOC(CCN(C)Cc1cccc(Cl)c1)OCC. The van der Waals surface area contributed by atoms with Crippen molar-refractivity contribution >= 4 is 11.6 Å². The van der Waals surface area contributed by atoms with Crippen molar-refractivity contribution in [2.75, 3.05) is 26.8 Å². The molecule has 0 radical (unpaired) electrons. The molecule has 0 heterocycles. The smallest absolute Gasteiger partial charge is 0.158 e. The first kappa shape index (κ1) is 16.4. The molecule has 0 N–H and O–H groups in total. The molecule has 0 aliphatic rings. The molecule has 0 saturated carbocycles. The average Bonchev–Trinajstić information content (AvgIpc) is 2.36. The minimum Gasteiger partial charge on any atom is -0.353 e. The van der Waals surface area contributed by atoms with Crippen molar-refractivity contribution in [1.82, 2.24) is 4.90 Å². The van der Waals surface area contributed by atoms with Crippen LogP contribution in [0.2, 0.25) is 5.02 Å². The number of hydrogen-bond acceptors (Lipinski definition) is 3. The Hall–Kier alpha value is -0.610. The van der Waals surface area contributed by atoms with Gasteiger partial charge in [0.05, 0.1) is 0 Å². The second-order valence-corrected chi connectivity index (χ2v) is 4.93. The van der Waals surface area contributed by atoms with Crippen molar-refractivity contribution in [3.63, 3.8) is 0 Å². The maximum Gasteiger partial charge on any atom is 0.158 e. The number of rotatable bonds is 9. The van der Waals surface area contributed by atoms with Crippen LogP contribution in [0.3, 0.4) is 0 Å². The lowest BCUT2D eigenvalue weighted by Crippen LogP contribution is -2.26. The van der Waals surface area contributed by atoms with Gasteiger partial charge in [-0.2, -0.15) is 0 Å². The Balaban J connectivity index is 2.35. The summed E-state index contributed by atoms with van der Waals surface area (Å²) < 4.78 is 11.1. The van der Waals surface area contributed by atoms with E-state index in [9.17, 15) is 0 Å². The second-order valence-electron chi connectivity index (χ2n) is 4.50. The molecule has 0 amide bonds. The first-order valence-electron chi connectivity index (χ1n) is 6.81. The van der Waals surface area contributed by atoms with Crippen LogP contribution in [0.1, 0.15) is 25.8 Å². The van der Waals surface area contributed by atoms with Crippen LogP contribution in [-0.4, -0.2) is 38.0 Å². The summed E-state index contributed by atoms with van der Waals surface area (Å²) in [5, 5.41) is 0.785. The molecule has 1 aromatic carbocycles. The predicted molar refractivity (Wildman–Crippen MR) is 79.4 cm³/mol. The third-order valence-corrected chi connectivity index (χ3v) is 3.03. The van der Waals surface area contributed by atoms with Crippen LogP contribution < -0.4 is 0 Å². The summed E-state index contributed by atoms with van der Waals surface area (Å²) in [7, 11) is 2.09. The van der Waals surface area contributed by atoms with Crippen molar-refractivity contribution in [2.45, 2.75) is 33.1 Å². The third kappa shape index (κ3) is 6.92. The Morgan fingerprint density at radius 2 is 1.89 bits per heavy atom. The Morgan fingerprint density at radius 3 is 2.47 bits per heavy atom. The monoisotopic (exact) mass is 285 g/mol. The minimum atomic E-state index is -0.100. The molecule has 0 unspecified atom stereocenters. The van der Waals surface area contributed by atoms with Gasteiger partial charge in [-0.05, 0) is 38.6 Å². The summed E-state index contributed by atoms with van der Waals surface area (Å²) in [6.45, 7) is 7.15. The summed E-state index contributed by atoms with van der Waals surface area (Å²) in [4.78, 5) is 2.25. The van der Waals surface area contributed by atoms with Crippen LogP contribution in [0.15, 0.2) is 24.3 Å². The van der Waals surface area contributed by atoms with Gasteiger partial charge in [-0.25, -0.2) is 0 Å². The molecule has 0 aromatic heterocycles. The predicted octanol–water partition coefficient (Wildman–Crippen LogP) is 3.56. The first-order chi connectivity index (χ1) is 9.15. The number of hydrogen-bond donors (Lipinski definition) is 0. The number of halogens is 1. The van der Waals surface area contributed by atoms with Gasteiger partial charge in [-0.15, -0.1) is 0 Å². The molecule has 0 saturated heterocycles. The highest BCUT2D eigenvalue weighted by atomic mass is 35.5. The van der Waals surface area contributed by atoms with E-state index < -0.39 is 0 Å². The molecule has 0 atom stereocenters. The normalized spacial score (nSPS) is 11.5. The van der Waals surface area contributed by atoms with Crippen molar-refractivity contribution in [3.05, 3.63) is 34.9 Å². The molecule has 0 spiro atoms. The van der Waals surface area contributed by atoms with Gasteiger partial charge in [-0.1, -0.05) is 23.7 Å². The van der Waals surface area contributed by atoms with Gasteiger partial charge in [0.15, 0.2) is 6.29 Å². The highest BCUT2D eigenvalue weighted by Gasteiger charge is 2.09. The fourth-order valence-electron chi connectivity index (χ4n) is 1.94. The molecular formula is C15H24ClNO2. The third-order valence-electron chi connectivity index (χ3n) is 2.79. The summed E-state index contributed by atoms with van der Waals surface area (Å²) >= 11 is 5.98. The average molecular weight is 286 g/mol. The number of nitrogens with zero attached hydrogens (tertiary/aromatic N) is 1. The van der Waals surface area contributed by atoms with E-state index in [0.717, 1.165) is 24.5 Å². The van der Waals surface area contributed by atoms with Gasteiger partial charge in [0, 0.05) is 37.7 Å². The van der Waals surface area contributed by atoms with E-state index >= 15 is 0 Å². The molecule has 0 aliphatic carbocycles. The van der Waals surface area contributed by atoms with E-state index in [1.165, 1.54) is 5.56 Å². The summed E-state index contributed by atoms with van der Waals surface area (Å²) in [6, 6.07) is 7.96. The largest absolute Gasteiger partial charge is 0.353 e. The molecule has 19 heavy (non-hydrogen) atoms. The lowest BCUT2D eigenvalue weighted by molar-refractivity contribution is -0.141. The van der Waals surface area contributed by atoms with Crippen molar-refractivity contribution < 1.29 is 9.47 Å². The fourth-order valence-corrected chi connectivity index (χ4v) is 2.15. The van der Waals surface area contributed by atoms with Crippen LogP contribution in [-0.2, 0) is 16.0 Å². The topological polar surface area (TPSA) is 21.7 Å². The Labute approximate surface area is 121 Å². The Morgan fingerprint density at radius 1 is 1.21 bits per heavy atom. The summed E-state index contributed by atoms with van der Waals surface area (Å²) in [5.74, 6) is 0. The van der Waals surface area contributed by atoms with Gasteiger partial charge >= 0.3 is 0 Å². The van der Waals surface area contributed by atoms with Crippen LogP contribution in [0, 0.1) is 0 Å². The lowest BCUT2D eigenvalue weighted by atomic mass is 10.2. The second kappa shape index (κ2) is 9.32. The zero-order valence-corrected chi connectivity index (χ0v) is 12.8. The van der Waals surface area contributed by atoms with Crippen LogP contribution in [0.5, 0.6) is 0 Å². The molecule has 108 valence electrons. The van der Waals surface area contributed by atoms with Crippen molar-refractivity contribution in [1.29, 1.82) is 0 Å². The molecule has 1 rings (SSSR count). The van der Waals surface area contributed by atoms with Crippen molar-refractivity contribution in [3.8, 4) is 0 Å². The zero-order chi connectivity index (χ0) is 14.1. The number of benzene rings is 1. The van der Waals surface area contributed by atoms with Crippen LogP contribution in [0.4, 0.5) is 0 Å². The van der Waals surface area contributed by atoms with E-state index in [2.05, 4.69) is 18.0 Å². The molecule has 4 heteroatoms. The molecule has 1 aromatic rings. The number of ether oxygens (including phenoxy) is 2. The van der Waals surface area contributed by atoms with E-state index in [4.69, 9.17) is 21.1 Å². The van der Waals surface area contributed by atoms with Gasteiger partial charge in [-0.3, -0.25) is 0 Å². The molecular weight excluding hydrogens is 262 g/mol. The summed E-state index contributed by atoms with van der Waals surface area (Å²) in [6.07, 6.45) is 0.774. The van der Waals surface area contributed by atoms with Gasteiger partial charge in [0.25, 0.3) is 0 Å². The van der Waals surface area contributed by atoms with E-state index in [1.54, 1.807) is 0 Å². The minimum absolute atomic E-state index is 0.100. The van der Waals surface area contributed by atoms with E-state index in [0.29, 0.717) is 13.2 Å². The highest BCUT2D eigenvalue weighted by molar-refractivity contribution is 6.30. The van der Waals surface area contributed by atoms with Gasteiger partial charge in [0.1, 0.15) is 0 Å². The molecule has 3 nitrogen and oxygen atoms in total. The van der Waals surface area contributed by atoms with Crippen LogP contribution in [0.25, 0.3) is 0 Å². The standard InChI is InChI=1S/C15H24ClNO2/c1-4-18-15(19-5-2)9-10-17(3)12-13-7-6-8-14(16)11-13/h6-8,11,15H,4-5,9-10,12H2,1-3H3. The molecule has 0 bridgehead atoms. The highest BCUT2D eigenvalue weighted by Crippen LogP contribution is 2.12. The zero-order valence-electron chi connectivity index (χ0n) is 12.1. The molecule has 0 fully saturated rings. The van der Waals surface area contributed by atoms with E-state index in [1.807, 2.05) is 32.0 Å². The van der Waals surface area contributed by atoms with Gasteiger partial charge < -0.3 is 14.4 Å². The first-order valence-corrected chi connectivity index (χ1v) is 7.19. The maximum atomic E-state index is 5.98. The Bertz CT molecular complexity index is 354. The van der Waals surface area contributed by atoms with E-state index in [-0.39, 0.29) is 6.29 Å². The van der Waals surface area contributed by atoms with Crippen molar-refractivity contribution in [2.24, 2.45) is 0 Å². The van der Waals surface area contributed by atoms with Gasteiger partial charge in [0.2, 0.25) is 0 Å². The van der Waals surface area contributed by atoms with Crippen LogP contribution >= 0.6 is 11.6 Å². The quantitative estimate of drug-likeness (QED) is 0.648. The fraction of sp³-hybridized carbons (Fsp3) is 0.600. The maximum absolute atomic E-state index is 5.98.